The molecule has 6 heteroatoms. The predicted molar refractivity (Wildman–Crippen MR) is 74.9 cm³/mol. The van der Waals surface area contributed by atoms with E-state index >= 15 is 0 Å². The number of aryl methyl sites for hydroxylation is 1. The van der Waals surface area contributed by atoms with Crippen molar-refractivity contribution in [3.63, 3.8) is 0 Å². The van der Waals surface area contributed by atoms with Crippen LogP contribution in [0.5, 0.6) is 0 Å². The molecule has 0 bridgehead atoms. The summed E-state index contributed by atoms with van der Waals surface area (Å²) < 4.78 is 33.4. The van der Waals surface area contributed by atoms with Gasteiger partial charge in [0.15, 0.2) is 0 Å². The van der Waals surface area contributed by atoms with Crippen LogP contribution in [0.3, 0.4) is 0 Å². The minimum absolute atomic E-state index is 0.0370. The lowest BCUT2D eigenvalue weighted by Gasteiger charge is -2.42. The molecule has 2 unspecified atom stereocenters. The second-order valence-electron chi connectivity index (χ2n) is 5.24. The molecule has 19 heavy (non-hydrogen) atoms. The maximum absolute atomic E-state index is 12.7. The summed E-state index contributed by atoms with van der Waals surface area (Å²) in [5.41, 5.74) is 0. The van der Waals surface area contributed by atoms with Crippen LogP contribution in [0.2, 0.25) is 0 Å². The van der Waals surface area contributed by atoms with E-state index in [1.54, 1.807) is 10.4 Å². The highest BCUT2D eigenvalue weighted by Gasteiger charge is 2.41. The highest BCUT2D eigenvalue weighted by Crippen LogP contribution is 2.34. The first-order chi connectivity index (χ1) is 9.09. The third kappa shape index (κ3) is 2.46. The summed E-state index contributed by atoms with van der Waals surface area (Å²) in [6.45, 7) is 2.94. The standard InChI is InChI=1S/C13H19NO3S2/c1-10-6-7-13(18-10)19(15,16)14-8-9-17-12-5-3-2-4-11(12)14/h6-7,11-12H,2-5,8-9H2,1H3. The second kappa shape index (κ2) is 5.16. The van der Waals surface area contributed by atoms with E-state index in [1.165, 1.54) is 11.3 Å². The predicted octanol–water partition coefficient (Wildman–Crippen LogP) is 2.39. The van der Waals surface area contributed by atoms with Gasteiger partial charge in [-0.25, -0.2) is 8.42 Å². The molecule has 2 atom stereocenters. The topological polar surface area (TPSA) is 46.6 Å². The number of ether oxygens (including phenoxy) is 1. The lowest BCUT2D eigenvalue weighted by Crippen LogP contribution is -2.54. The fraction of sp³-hybridized carbons (Fsp3) is 0.692. The van der Waals surface area contributed by atoms with Crippen LogP contribution in [0.4, 0.5) is 0 Å². The number of hydrogen-bond acceptors (Lipinski definition) is 4. The molecule has 2 fully saturated rings. The molecule has 0 amide bonds. The van der Waals surface area contributed by atoms with Crippen LogP contribution >= 0.6 is 11.3 Å². The smallest absolute Gasteiger partial charge is 0.252 e. The van der Waals surface area contributed by atoms with E-state index in [9.17, 15) is 8.42 Å². The maximum Gasteiger partial charge on any atom is 0.252 e. The van der Waals surface area contributed by atoms with Gasteiger partial charge in [0.1, 0.15) is 4.21 Å². The average Bonchev–Trinajstić information content (AvgIpc) is 2.85. The molecular formula is C13H19NO3S2. The first kappa shape index (κ1) is 13.5. The molecule has 0 aromatic carbocycles. The Bertz CT molecular complexity index is 550. The summed E-state index contributed by atoms with van der Waals surface area (Å²) in [5, 5.41) is 0. The number of morpholine rings is 1. The van der Waals surface area contributed by atoms with Crippen molar-refractivity contribution in [2.24, 2.45) is 0 Å². The van der Waals surface area contributed by atoms with Gasteiger partial charge in [-0.1, -0.05) is 12.8 Å². The molecule has 1 saturated heterocycles. The Morgan fingerprint density at radius 3 is 2.84 bits per heavy atom. The minimum Gasteiger partial charge on any atom is -0.375 e. The normalized spacial score (nSPS) is 29.1. The van der Waals surface area contributed by atoms with Crippen LogP contribution in [0.25, 0.3) is 0 Å². The number of fused-ring (bicyclic) bond motifs is 1. The van der Waals surface area contributed by atoms with Gasteiger partial charge in [-0.15, -0.1) is 11.3 Å². The van der Waals surface area contributed by atoms with E-state index in [0.717, 1.165) is 30.6 Å². The number of sulfonamides is 1. The molecule has 1 aromatic heterocycles. The minimum atomic E-state index is -3.34. The first-order valence-electron chi connectivity index (χ1n) is 6.79. The van der Waals surface area contributed by atoms with Crippen LogP contribution in [-0.4, -0.2) is 38.0 Å². The highest BCUT2D eigenvalue weighted by atomic mass is 32.2. The lowest BCUT2D eigenvalue weighted by atomic mass is 9.91. The van der Waals surface area contributed by atoms with Crippen molar-refractivity contribution in [1.29, 1.82) is 0 Å². The molecule has 1 saturated carbocycles. The molecule has 0 N–H and O–H groups in total. The average molecular weight is 301 g/mol. The quantitative estimate of drug-likeness (QED) is 0.842. The maximum atomic E-state index is 12.7. The molecule has 2 aliphatic rings. The van der Waals surface area contributed by atoms with E-state index < -0.39 is 10.0 Å². The Labute approximate surface area is 118 Å². The second-order valence-corrected chi connectivity index (χ2v) is 8.65. The van der Waals surface area contributed by atoms with E-state index in [-0.39, 0.29) is 12.1 Å². The summed E-state index contributed by atoms with van der Waals surface area (Å²) in [6.07, 6.45) is 4.25. The number of hydrogen-bond donors (Lipinski definition) is 0. The van der Waals surface area contributed by atoms with Gasteiger partial charge in [-0.05, 0) is 31.9 Å². The van der Waals surface area contributed by atoms with Crippen LogP contribution in [0.15, 0.2) is 16.3 Å². The van der Waals surface area contributed by atoms with Crippen molar-refractivity contribution < 1.29 is 13.2 Å². The van der Waals surface area contributed by atoms with Crippen LogP contribution in [0.1, 0.15) is 30.6 Å². The fourth-order valence-corrected chi connectivity index (χ4v) is 6.10. The summed E-state index contributed by atoms with van der Waals surface area (Å²) in [7, 11) is -3.34. The summed E-state index contributed by atoms with van der Waals surface area (Å²) >= 11 is 1.36. The summed E-state index contributed by atoms with van der Waals surface area (Å²) in [4.78, 5) is 1.03. The van der Waals surface area contributed by atoms with Gasteiger partial charge in [0.05, 0.1) is 18.8 Å². The summed E-state index contributed by atoms with van der Waals surface area (Å²) in [5.74, 6) is 0. The zero-order valence-electron chi connectivity index (χ0n) is 11.0. The molecule has 0 spiro atoms. The molecule has 1 aromatic rings. The molecule has 1 aliphatic carbocycles. The van der Waals surface area contributed by atoms with Crippen molar-refractivity contribution in [1.82, 2.24) is 4.31 Å². The molecule has 3 rings (SSSR count). The highest BCUT2D eigenvalue weighted by molar-refractivity contribution is 7.91. The van der Waals surface area contributed by atoms with Crippen molar-refractivity contribution in [3.8, 4) is 0 Å². The molecule has 2 heterocycles. The molecule has 4 nitrogen and oxygen atoms in total. The van der Waals surface area contributed by atoms with Gasteiger partial charge in [0.25, 0.3) is 10.0 Å². The van der Waals surface area contributed by atoms with Crippen LogP contribution in [-0.2, 0) is 14.8 Å². The summed E-state index contributed by atoms with van der Waals surface area (Å²) in [6, 6.07) is 3.63. The number of nitrogens with zero attached hydrogens (tertiary/aromatic N) is 1. The van der Waals surface area contributed by atoms with E-state index in [0.29, 0.717) is 17.4 Å². The van der Waals surface area contributed by atoms with E-state index in [2.05, 4.69) is 0 Å². The van der Waals surface area contributed by atoms with Crippen molar-refractivity contribution in [3.05, 3.63) is 17.0 Å². The van der Waals surface area contributed by atoms with E-state index in [4.69, 9.17) is 4.74 Å². The molecular weight excluding hydrogens is 282 g/mol. The van der Waals surface area contributed by atoms with Crippen molar-refractivity contribution in [2.75, 3.05) is 13.2 Å². The lowest BCUT2D eigenvalue weighted by molar-refractivity contribution is -0.0585. The van der Waals surface area contributed by atoms with Crippen LogP contribution < -0.4 is 0 Å². The van der Waals surface area contributed by atoms with Gasteiger partial charge in [-0.3, -0.25) is 0 Å². The Hall–Kier alpha value is -0.430. The molecule has 0 radical (unpaired) electrons. The zero-order valence-corrected chi connectivity index (χ0v) is 12.7. The van der Waals surface area contributed by atoms with Crippen LogP contribution in [0, 0.1) is 6.92 Å². The van der Waals surface area contributed by atoms with Gasteiger partial charge in [0, 0.05) is 11.4 Å². The third-order valence-corrected chi connectivity index (χ3v) is 7.35. The van der Waals surface area contributed by atoms with Crippen molar-refractivity contribution in [2.45, 2.75) is 49.0 Å². The van der Waals surface area contributed by atoms with Gasteiger partial charge < -0.3 is 4.74 Å². The largest absolute Gasteiger partial charge is 0.375 e. The Morgan fingerprint density at radius 1 is 1.32 bits per heavy atom. The van der Waals surface area contributed by atoms with E-state index in [1.807, 2.05) is 13.0 Å². The Balaban J connectivity index is 1.91. The first-order valence-corrected chi connectivity index (χ1v) is 9.04. The van der Waals surface area contributed by atoms with Gasteiger partial charge in [-0.2, -0.15) is 4.31 Å². The van der Waals surface area contributed by atoms with Gasteiger partial charge in [0.2, 0.25) is 0 Å². The fourth-order valence-electron chi connectivity index (χ4n) is 3.03. The zero-order chi connectivity index (χ0) is 13.5. The van der Waals surface area contributed by atoms with Crippen molar-refractivity contribution >= 4 is 21.4 Å². The monoisotopic (exact) mass is 301 g/mol. The Morgan fingerprint density at radius 2 is 2.11 bits per heavy atom. The van der Waals surface area contributed by atoms with Gasteiger partial charge >= 0.3 is 0 Å². The number of thiophene rings is 1. The Kier molecular flexibility index (Phi) is 3.68. The third-order valence-electron chi connectivity index (χ3n) is 3.96. The SMILES string of the molecule is Cc1ccc(S(=O)(=O)N2CCOC3CCCCC32)s1. The number of rotatable bonds is 2. The molecule has 106 valence electrons. The molecule has 1 aliphatic heterocycles.